The fourth-order valence-corrected chi connectivity index (χ4v) is 2.06. The number of rotatable bonds is 3. The molecule has 1 saturated heterocycles. The summed E-state index contributed by atoms with van der Waals surface area (Å²) in [4.78, 5) is 10.5. The SMILES string of the molecule is C[C@@]1(c2ccc(Br)cc2)OC[C@H](COC(N)=O)O1. The molecule has 0 radical (unpaired) electrons. The summed E-state index contributed by atoms with van der Waals surface area (Å²) in [6.45, 7) is 2.29. The Morgan fingerprint density at radius 3 is 2.83 bits per heavy atom. The number of hydrogen-bond donors (Lipinski definition) is 1. The number of ether oxygens (including phenoxy) is 3. The van der Waals surface area contributed by atoms with Gasteiger partial charge in [-0.2, -0.15) is 0 Å². The first-order valence-corrected chi connectivity index (χ1v) is 6.29. The van der Waals surface area contributed by atoms with Crippen molar-refractivity contribution in [3.05, 3.63) is 34.3 Å². The van der Waals surface area contributed by atoms with Crippen LogP contribution in [0, 0.1) is 0 Å². The van der Waals surface area contributed by atoms with Crippen molar-refractivity contribution in [1.29, 1.82) is 0 Å². The first-order valence-electron chi connectivity index (χ1n) is 5.50. The molecule has 18 heavy (non-hydrogen) atoms. The molecular weight excluding hydrogens is 302 g/mol. The summed E-state index contributed by atoms with van der Waals surface area (Å²) in [5, 5.41) is 0. The number of halogens is 1. The molecule has 6 heteroatoms. The number of benzene rings is 1. The lowest BCUT2D eigenvalue weighted by molar-refractivity contribution is -0.165. The molecule has 0 saturated carbocycles. The minimum absolute atomic E-state index is 0.0987. The van der Waals surface area contributed by atoms with Crippen LogP contribution in [0.25, 0.3) is 0 Å². The second-order valence-electron chi connectivity index (χ2n) is 4.13. The first-order chi connectivity index (χ1) is 8.49. The Bertz CT molecular complexity index is 436. The zero-order valence-corrected chi connectivity index (χ0v) is 11.5. The lowest BCUT2D eigenvalue weighted by Crippen LogP contribution is -2.27. The number of carbonyl (C=O) groups excluding carboxylic acids is 1. The normalized spacial score (nSPS) is 27.1. The number of primary amides is 1. The van der Waals surface area contributed by atoms with Gasteiger partial charge in [-0.3, -0.25) is 0 Å². The molecule has 1 heterocycles. The zero-order valence-electron chi connectivity index (χ0n) is 9.89. The van der Waals surface area contributed by atoms with E-state index >= 15 is 0 Å². The molecule has 1 aromatic rings. The van der Waals surface area contributed by atoms with E-state index in [9.17, 15) is 4.79 Å². The lowest BCUT2D eigenvalue weighted by atomic mass is 10.1. The van der Waals surface area contributed by atoms with Gasteiger partial charge < -0.3 is 19.9 Å². The highest BCUT2D eigenvalue weighted by molar-refractivity contribution is 9.10. The average molecular weight is 316 g/mol. The van der Waals surface area contributed by atoms with Gasteiger partial charge >= 0.3 is 6.09 Å². The molecule has 1 aromatic carbocycles. The summed E-state index contributed by atoms with van der Waals surface area (Å²) in [5.74, 6) is -0.813. The molecule has 1 aliphatic heterocycles. The maximum atomic E-state index is 10.5. The second-order valence-corrected chi connectivity index (χ2v) is 5.05. The van der Waals surface area contributed by atoms with Crippen LogP contribution in [0.15, 0.2) is 28.7 Å². The van der Waals surface area contributed by atoms with E-state index in [1.807, 2.05) is 31.2 Å². The molecule has 0 spiro atoms. The molecule has 0 aliphatic carbocycles. The van der Waals surface area contributed by atoms with Crippen molar-refractivity contribution in [1.82, 2.24) is 0 Å². The summed E-state index contributed by atoms with van der Waals surface area (Å²) in [6, 6.07) is 7.67. The topological polar surface area (TPSA) is 70.8 Å². The summed E-state index contributed by atoms with van der Waals surface area (Å²) in [5.41, 5.74) is 5.81. The van der Waals surface area contributed by atoms with Crippen molar-refractivity contribution in [3.63, 3.8) is 0 Å². The number of amides is 1. The zero-order chi connectivity index (χ0) is 13.2. The Morgan fingerprint density at radius 1 is 1.56 bits per heavy atom. The molecule has 0 bridgehead atoms. The fraction of sp³-hybridized carbons (Fsp3) is 0.417. The number of hydrogen-bond acceptors (Lipinski definition) is 4. The predicted octanol–water partition coefficient (Wildman–Crippen LogP) is 2.13. The van der Waals surface area contributed by atoms with Crippen LogP contribution in [-0.4, -0.2) is 25.4 Å². The molecule has 98 valence electrons. The van der Waals surface area contributed by atoms with Crippen LogP contribution in [0.2, 0.25) is 0 Å². The Balaban J connectivity index is 2.01. The van der Waals surface area contributed by atoms with Crippen molar-refractivity contribution in [3.8, 4) is 0 Å². The van der Waals surface area contributed by atoms with E-state index < -0.39 is 11.9 Å². The van der Waals surface area contributed by atoms with Gasteiger partial charge in [0.05, 0.1) is 6.61 Å². The molecule has 5 nitrogen and oxygen atoms in total. The van der Waals surface area contributed by atoms with Crippen LogP contribution in [0.3, 0.4) is 0 Å². The van der Waals surface area contributed by atoms with E-state index in [-0.39, 0.29) is 12.7 Å². The average Bonchev–Trinajstić information content (AvgIpc) is 2.71. The van der Waals surface area contributed by atoms with Gasteiger partial charge in [0.2, 0.25) is 0 Å². The van der Waals surface area contributed by atoms with Crippen molar-refractivity contribution < 1.29 is 19.0 Å². The van der Waals surface area contributed by atoms with E-state index in [0.717, 1.165) is 10.0 Å². The first kappa shape index (κ1) is 13.3. The van der Waals surface area contributed by atoms with Gasteiger partial charge in [-0.05, 0) is 19.1 Å². The summed E-state index contributed by atoms with van der Waals surface area (Å²) in [6.07, 6.45) is -1.11. The number of nitrogens with two attached hydrogens (primary N) is 1. The molecule has 1 fully saturated rings. The standard InChI is InChI=1S/C12H14BrNO4/c1-12(8-2-4-9(13)5-3-8)17-7-10(18-12)6-16-11(14)15/h2-5,10H,6-7H2,1H3,(H2,14,15)/t10-,12+/m0/s1. The second kappa shape index (κ2) is 5.26. The van der Waals surface area contributed by atoms with Gasteiger partial charge in [0.25, 0.3) is 0 Å². The van der Waals surface area contributed by atoms with Crippen LogP contribution in [-0.2, 0) is 20.0 Å². The van der Waals surface area contributed by atoms with Crippen molar-refractivity contribution in [2.45, 2.75) is 18.8 Å². The van der Waals surface area contributed by atoms with Gasteiger partial charge in [-0.25, -0.2) is 4.79 Å². The maximum Gasteiger partial charge on any atom is 0.404 e. The molecular formula is C12H14BrNO4. The summed E-state index contributed by atoms with van der Waals surface area (Å²) < 4.78 is 17.1. The predicted molar refractivity (Wildman–Crippen MR) is 67.9 cm³/mol. The quantitative estimate of drug-likeness (QED) is 0.927. The van der Waals surface area contributed by atoms with E-state index in [4.69, 9.17) is 19.9 Å². The minimum Gasteiger partial charge on any atom is -0.447 e. The van der Waals surface area contributed by atoms with E-state index in [0.29, 0.717) is 6.61 Å². The lowest BCUT2D eigenvalue weighted by Gasteiger charge is -2.23. The van der Waals surface area contributed by atoms with E-state index in [1.54, 1.807) is 0 Å². The minimum atomic E-state index is -0.813. The van der Waals surface area contributed by atoms with Gasteiger partial charge in [0.1, 0.15) is 12.7 Å². The van der Waals surface area contributed by atoms with Crippen LogP contribution < -0.4 is 5.73 Å². The van der Waals surface area contributed by atoms with E-state index in [2.05, 4.69) is 15.9 Å². The third-order valence-corrected chi connectivity index (χ3v) is 3.24. The van der Waals surface area contributed by atoms with Crippen molar-refractivity contribution in [2.75, 3.05) is 13.2 Å². The molecule has 1 amide bonds. The highest BCUT2D eigenvalue weighted by atomic mass is 79.9. The third-order valence-electron chi connectivity index (χ3n) is 2.72. The largest absolute Gasteiger partial charge is 0.447 e. The van der Waals surface area contributed by atoms with Gasteiger partial charge in [0, 0.05) is 10.0 Å². The van der Waals surface area contributed by atoms with Crippen molar-refractivity contribution in [2.24, 2.45) is 5.73 Å². The Hall–Kier alpha value is -1.11. The van der Waals surface area contributed by atoms with E-state index in [1.165, 1.54) is 0 Å². The smallest absolute Gasteiger partial charge is 0.404 e. The van der Waals surface area contributed by atoms with Crippen LogP contribution in [0.4, 0.5) is 4.79 Å². The molecule has 0 aromatic heterocycles. The Kier molecular flexibility index (Phi) is 3.89. The highest BCUT2D eigenvalue weighted by Crippen LogP contribution is 2.34. The molecule has 2 rings (SSSR count). The molecule has 1 aliphatic rings. The Morgan fingerprint density at radius 2 is 2.22 bits per heavy atom. The number of carbonyl (C=O) groups is 1. The third kappa shape index (κ3) is 3.01. The maximum absolute atomic E-state index is 10.5. The van der Waals surface area contributed by atoms with Gasteiger partial charge in [-0.1, -0.05) is 28.1 Å². The van der Waals surface area contributed by atoms with Gasteiger partial charge in [0.15, 0.2) is 5.79 Å². The Labute approximate surface area is 113 Å². The van der Waals surface area contributed by atoms with Crippen LogP contribution in [0.1, 0.15) is 12.5 Å². The highest BCUT2D eigenvalue weighted by Gasteiger charge is 2.39. The molecule has 0 unspecified atom stereocenters. The molecule has 2 N–H and O–H groups in total. The summed E-state index contributed by atoms with van der Waals surface area (Å²) >= 11 is 3.37. The van der Waals surface area contributed by atoms with Gasteiger partial charge in [-0.15, -0.1) is 0 Å². The monoisotopic (exact) mass is 315 g/mol. The fourth-order valence-electron chi connectivity index (χ4n) is 1.80. The van der Waals surface area contributed by atoms with Crippen LogP contribution >= 0.6 is 15.9 Å². The van der Waals surface area contributed by atoms with Crippen LogP contribution in [0.5, 0.6) is 0 Å². The summed E-state index contributed by atoms with van der Waals surface area (Å²) in [7, 11) is 0. The molecule has 2 atom stereocenters. The van der Waals surface area contributed by atoms with Crippen molar-refractivity contribution >= 4 is 22.0 Å².